The van der Waals surface area contributed by atoms with Crippen molar-refractivity contribution >= 4 is 39.2 Å². The van der Waals surface area contributed by atoms with Gasteiger partial charge in [0.15, 0.2) is 11.6 Å². The van der Waals surface area contributed by atoms with Crippen molar-refractivity contribution in [1.82, 2.24) is 15.2 Å². The number of nitrogens with one attached hydrogen (secondary N) is 2. The Bertz CT molecular complexity index is 1170. The number of aromatic nitrogens is 1. The van der Waals surface area contributed by atoms with Crippen molar-refractivity contribution in [1.29, 1.82) is 0 Å². The summed E-state index contributed by atoms with van der Waals surface area (Å²) in [5, 5.41) is 5.40. The number of halogens is 1. The molecule has 1 saturated carbocycles. The molecule has 3 amide bonds. The standard InChI is InChI=1S/C22H21FN4O4S/c23-15-11-14(26-22(29)25-13-1-2-13)3-4-17(15)31-18-5-6-24-16-12-19(32-20(16)18)21(28)27-7-9-30-10-8-27/h3-6,11-13H,1-2,7-10H2,(H2,25,26,29). The van der Waals surface area contributed by atoms with E-state index in [0.717, 1.165) is 12.8 Å². The molecule has 0 spiro atoms. The third-order valence-electron chi connectivity index (χ3n) is 5.21. The van der Waals surface area contributed by atoms with Crippen molar-refractivity contribution in [2.45, 2.75) is 18.9 Å². The Morgan fingerprint density at radius 1 is 1.16 bits per heavy atom. The van der Waals surface area contributed by atoms with E-state index in [4.69, 9.17) is 9.47 Å². The van der Waals surface area contributed by atoms with Gasteiger partial charge in [-0.2, -0.15) is 0 Å². The van der Waals surface area contributed by atoms with Crippen LogP contribution in [0.1, 0.15) is 22.5 Å². The first-order valence-corrected chi connectivity index (χ1v) is 11.2. The molecule has 0 radical (unpaired) electrons. The molecule has 0 bridgehead atoms. The first-order valence-electron chi connectivity index (χ1n) is 10.4. The zero-order valence-corrected chi connectivity index (χ0v) is 17.9. The zero-order valence-electron chi connectivity index (χ0n) is 17.1. The van der Waals surface area contributed by atoms with Gasteiger partial charge in [-0.15, -0.1) is 11.3 Å². The number of pyridine rings is 1. The molecular weight excluding hydrogens is 435 g/mol. The third kappa shape index (κ3) is 4.51. The van der Waals surface area contributed by atoms with E-state index in [9.17, 15) is 14.0 Å². The lowest BCUT2D eigenvalue weighted by Crippen LogP contribution is -2.40. The number of hydrogen-bond donors (Lipinski definition) is 2. The molecule has 0 unspecified atom stereocenters. The molecule has 1 aliphatic heterocycles. The molecule has 10 heteroatoms. The molecule has 1 saturated heterocycles. The van der Waals surface area contributed by atoms with Gasteiger partial charge >= 0.3 is 6.03 Å². The number of hydrogen-bond acceptors (Lipinski definition) is 6. The Kier molecular flexibility index (Phi) is 5.62. The second-order valence-corrected chi connectivity index (χ2v) is 8.71. The van der Waals surface area contributed by atoms with Crippen LogP contribution in [0.5, 0.6) is 11.5 Å². The maximum atomic E-state index is 14.7. The number of morpholine rings is 1. The number of carbonyl (C=O) groups is 2. The highest BCUT2D eigenvalue weighted by atomic mass is 32.1. The summed E-state index contributed by atoms with van der Waals surface area (Å²) < 4.78 is 26.4. The average Bonchev–Trinajstić information content (AvgIpc) is 3.49. The minimum absolute atomic E-state index is 0.0140. The third-order valence-corrected chi connectivity index (χ3v) is 6.33. The van der Waals surface area contributed by atoms with Gasteiger partial charge in [-0.25, -0.2) is 9.18 Å². The Morgan fingerprint density at radius 3 is 2.72 bits per heavy atom. The molecule has 32 heavy (non-hydrogen) atoms. The van der Waals surface area contributed by atoms with Crippen LogP contribution in [-0.4, -0.2) is 54.2 Å². The lowest BCUT2D eigenvalue weighted by molar-refractivity contribution is 0.0306. The summed E-state index contributed by atoms with van der Waals surface area (Å²) in [6.07, 6.45) is 3.50. The molecule has 3 aromatic rings. The zero-order chi connectivity index (χ0) is 22.1. The summed E-state index contributed by atoms with van der Waals surface area (Å²) in [7, 11) is 0. The SMILES string of the molecule is O=C(Nc1ccc(Oc2ccnc3cc(C(=O)N4CCOCC4)sc23)c(F)c1)NC1CC1. The fourth-order valence-electron chi connectivity index (χ4n) is 3.38. The van der Waals surface area contributed by atoms with E-state index in [1.807, 2.05) is 0 Å². The summed E-state index contributed by atoms with van der Waals surface area (Å²) in [5.41, 5.74) is 0.946. The fraction of sp³-hybridized carbons (Fsp3) is 0.318. The number of anilines is 1. The van der Waals surface area contributed by atoms with Crippen LogP contribution in [0.3, 0.4) is 0 Å². The smallest absolute Gasteiger partial charge is 0.319 e. The van der Waals surface area contributed by atoms with Crippen molar-refractivity contribution < 1.29 is 23.5 Å². The van der Waals surface area contributed by atoms with Crippen molar-refractivity contribution in [2.24, 2.45) is 0 Å². The largest absolute Gasteiger partial charge is 0.453 e. The number of rotatable bonds is 5. The Labute approximate surface area is 187 Å². The summed E-state index contributed by atoms with van der Waals surface area (Å²) in [6, 6.07) is 7.47. The summed E-state index contributed by atoms with van der Waals surface area (Å²) in [5.74, 6) is -0.263. The molecule has 1 aliphatic carbocycles. The van der Waals surface area contributed by atoms with Crippen LogP contribution in [0, 0.1) is 5.82 Å². The predicted molar refractivity (Wildman–Crippen MR) is 118 cm³/mol. The number of carbonyl (C=O) groups excluding carboxylic acids is 2. The molecule has 2 aromatic heterocycles. The second kappa shape index (κ2) is 8.71. The number of ether oxygens (including phenoxy) is 2. The average molecular weight is 456 g/mol. The van der Waals surface area contributed by atoms with Crippen molar-refractivity contribution in [3.8, 4) is 11.5 Å². The van der Waals surface area contributed by atoms with Crippen LogP contribution in [0.25, 0.3) is 10.2 Å². The van der Waals surface area contributed by atoms with Gasteiger partial charge < -0.3 is 25.0 Å². The number of fused-ring (bicyclic) bond motifs is 1. The van der Waals surface area contributed by atoms with Gasteiger partial charge in [0.1, 0.15) is 5.75 Å². The van der Waals surface area contributed by atoms with E-state index in [0.29, 0.717) is 52.8 Å². The van der Waals surface area contributed by atoms with E-state index >= 15 is 0 Å². The molecule has 5 rings (SSSR count). The Balaban J connectivity index is 1.33. The summed E-state index contributed by atoms with van der Waals surface area (Å²) >= 11 is 1.27. The van der Waals surface area contributed by atoms with Crippen molar-refractivity contribution in [2.75, 3.05) is 31.6 Å². The highest BCUT2D eigenvalue weighted by Gasteiger charge is 2.24. The lowest BCUT2D eigenvalue weighted by Gasteiger charge is -2.26. The molecule has 2 aliphatic rings. The molecule has 2 N–H and O–H groups in total. The second-order valence-electron chi connectivity index (χ2n) is 7.66. The van der Waals surface area contributed by atoms with Crippen molar-refractivity contribution in [3.05, 3.63) is 47.2 Å². The van der Waals surface area contributed by atoms with Crippen LogP contribution in [0.15, 0.2) is 36.5 Å². The minimum Gasteiger partial charge on any atom is -0.453 e. The Morgan fingerprint density at radius 2 is 1.97 bits per heavy atom. The van der Waals surface area contributed by atoms with Crippen LogP contribution >= 0.6 is 11.3 Å². The van der Waals surface area contributed by atoms with Gasteiger partial charge in [-0.1, -0.05) is 0 Å². The van der Waals surface area contributed by atoms with Crippen LogP contribution in [0.4, 0.5) is 14.9 Å². The monoisotopic (exact) mass is 456 g/mol. The fourth-order valence-corrected chi connectivity index (χ4v) is 4.42. The minimum atomic E-state index is -0.611. The van der Waals surface area contributed by atoms with E-state index < -0.39 is 5.82 Å². The van der Waals surface area contributed by atoms with E-state index in [1.165, 1.54) is 23.5 Å². The highest BCUT2D eigenvalue weighted by molar-refractivity contribution is 7.21. The first kappa shape index (κ1) is 20.7. The normalized spacial score (nSPS) is 16.1. The van der Waals surface area contributed by atoms with Gasteiger partial charge in [-0.05, 0) is 31.0 Å². The molecule has 0 atom stereocenters. The molecule has 1 aromatic carbocycles. The molecule has 2 fully saturated rings. The van der Waals surface area contributed by atoms with Crippen molar-refractivity contribution in [3.63, 3.8) is 0 Å². The topological polar surface area (TPSA) is 92.8 Å². The number of thiophene rings is 1. The number of urea groups is 1. The quantitative estimate of drug-likeness (QED) is 0.606. The van der Waals surface area contributed by atoms with Crippen LogP contribution in [0.2, 0.25) is 0 Å². The van der Waals surface area contributed by atoms with Gasteiger partial charge in [0.2, 0.25) is 0 Å². The summed E-state index contributed by atoms with van der Waals surface area (Å²) in [6.45, 7) is 2.15. The maximum Gasteiger partial charge on any atom is 0.319 e. The van der Waals surface area contributed by atoms with Crippen LogP contribution in [-0.2, 0) is 4.74 Å². The Hall–Kier alpha value is -3.24. The van der Waals surface area contributed by atoms with E-state index in [2.05, 4.69) is 15.6 Å². The van der Waals surface area contributed by atoms with Gasteiger partial charge in [0.25, 0.3) is 5.91 Å². The molecular formula is C22H21FN4O4S. The first-order chi connectivity index (χ1) is 15.6. The molecule has 166 valence electrons. The van der Waals surface area contributed by atoms with E-state index in [1.54, 1.807) is 29.3 Å². The van der Waals surface area contributed by atoms with Gasteiger partial charge in [0, 0.05) is 43.1 Å². The highest BCUT2D eigenvalue weighted by Crippen LogP contribution is 2.36. The van der Waals surface area contributed by atoms with E-state index in [-0.39, 0.29) is 23.7 Å². The number of benzene rings is 1. The number of amides is 3. The summed E-state index contributed by atoms with van der Waals surface area (Å²) in [4.78, 5) is 31.3. The van der Waals surface area contributed by atoms with Gasteiger partial charge in [0.05, 0.1) is 28.3 Å². The van der Waals surface area contributed by atoms with Crippen LogP contribution < -0.4 is 15.4 Å². The lowest BCUT2D eigenvalue weighted by atomic mass is 10.3. The molecule has 8 nitrogen and oxygen atoms in total. The predicted octanol–water partition coefficient (Wildman–Crippen LogP) is 3.98. The number of nitrogens with zero attached hydrogens (tertiary/aromatic N) is 2. The van der Waals surface area contributed by atoms with Gasteiger partial charge in [-0.3, -0.25) is 9.78 Å². The molecule has 3 heterocycles. The maximum absolute atomic E-state index is 14.7.